The van der Waals surface area contributed by atoms with Gasteiger partial charge < -0.3 is 25.2 Å². The van der Waals surface area contributed by atoms with Crippen molar-refractivity contribution in [3.05, 3.63) is 23.8 Å². The van der Waals surface area contributed by atoms with Crippen molar-refractivity contribution in [1.29, 1.82) is 0 Å². The van der Waals surface area contributed by atoms with Crippen LogP contribution in [0.2, 0.25) is 0 Å². The van der Waals surface area contributed by atoms with E-state index in [9.17, 15) is 15.3 Å². The minimum atomic E-state index is -1.21. The third-order valence-corrected chi connectivity index (χ3v) is 3.81. The van der Waals surface area contributed by atoms with Crippen LogP contribution in [0, 0.1) is 17.8 Å². The number of ether oxygens (including phenoxy) is 1. The molecule has 1 rings (SSSR count). The largest absolute Gasteiger partial charge is 0.396 e. The van der Waals surface area contributed by atoms with Crippen molar-refractivity contribution in [1.82, 2.24) is 0 Å². The van der Waals surface area contributed by atoms with Gasteiger partial charge in [-0.1, -0.05) is 25.3 Å². The highest BCUT2D eigenvalue weighted by Gasteiger charge is 2.37. The second-order valence-corrected chi connectivity index (χ2v) is 5.78. The highest BCUT2D eigenvalue weighted by Crippen LogP contribution is 2.22. The molecule has 0 heterocycles. The number of allylic oxidation sites excluding steroid dienone is 1. The highest BCUT2D eigenvalue weighted by molar-refractivity contribution is 5.41. The number of methoxy groups -OCH3 is 1. The Labute approximate surface area is 131 Å². The van der Waals surface area contributed by atoms with Gasteiger partial charge in [0.1, 0.15) is 24.4 Å². The van der Waals surface area contributed by atoms with E-state index in [4.69, 9.17) is 9.84 Å². The third kappa shape index (κ3) is 5.24. The molecule has 0 spiro atoms. The lowest BCUT2D eigenvalue weighted by Gasteiger charge is -2.32. The Morgan fingerprint density at radius 3 is 2.68 bits per heavy atom. The number of hydrogen-bond donors (Lipinski definition) is 4. The monoisotopic (exact) mass is 310 g/mol. The second-order valence-electron chi connectivity index (χ2n) is 5.78. The van der Waals surface area contributed by atoms with Crippen molar-refractivity contribution in [2.24, 2.45) is 5.92 Å². The van der Waals surface area contributed by atoms with Crippen LogP contribution in [0.4, 0.5) is 0 Å². The van der Waals surface area contributed by atoms with Crippen LogP contribution in [0.15, 0.2) is 23.8 Å². The Balaban J connectivity index is 2.61. The molecule has 5 atom stereocenters. The van der Waals surface area contributed by atoms with Crippen LogP contribution in [-0.2, 0) is 4.74 Å². The van der Waals surface area contributed by atoms with Gasteiger partial charge in [-0.2, -0.15) is 0 Å². The summed E-state index contributed by atoms with van der Waals surface area (Å²) in [5.74, 6) is 5.88. The van der Waals surface area contributed by atoms with E-state index in [1.165, 1.54) is 13.2 Å². The zero-order valence-electron chi connectivity index (χ0n) is 13.2. The smallest absolute Gasteiger partial charge is 0.115 e. The van der Waals surface area contributed by atoms with Crippen molar-refractivity contribution < 1.29 is 25.2 Å². The molecule has 0 saturated heterocycles. The van der Waals surface area contributed by atoms with Gasteiger partial charge in [0.15, 0.2) is 0 Å². The van der Waals surface area contributed by atoms with Gasteiger partial charge in [0, 0.05) is 19.3 Å². The zero-order valence-corrected chi connectivity index (χ0v) is 13.2. The van der Waals surface area contributed by atoms with Crippen molar-refractivity contribution in [3.8, 4) is 11.8 Å². The highest BCUT2D eigenvalue weighted by atomic mass is 16.5. The predicted octanol–water partition coefficient (Wildman–Crippen LogP) is 0.382. The molecule has 0 amide bonds. The summed E-state index contributed by atoms with van der Waals surface area (Å²) in [6.45, 7) is 6.01. The summed E-state index contributed by atoms with van der Waals surface area (Å²) in [5, 5.41) is 38.7. The summed E-state index contributed by atoms with van der Waals surface area (Å²) in [5.41, 5.74) is 0.995. The summed E-state index contributed by atoms with van der Waals surface area (Å²) in [7, 11) is 1.36. The first-order chi connectivity index (χ1) is 10.4. The van der Waals surface area contributed by atoms with Gasteiger partial charge in [-0.3, -0.25) is 0 Å². The second kappa shape index (κ2) is 9.09. The van der Waals surface area contributed by atoms with Crippen LogP contribution in [0.1, 0.15) is 26.2 Å². The Hall–Kier alpha value is -1.16. The van der Waals surface area contributed by atoms with E-state index in [1.54, 1.807) is 0 Å². The molecule has 0 bridgehead atoms. The van der Waals surface area contributed by atoms with Crippen molar-refractivity contribution in [2.45, 2.75) is 50.6 Å². The summed E-state index contributed by atoms with van der Waals surface area (Å²) < 4.78 is 4.96. The van der Waals surface area contributed by atoms with E-state index < -0.39 is 24.4 Å². The summed E-state index contributed by atoms with van der Waals surface area (Å²) >= 11 is 0. The minimum Gasteiger partial charge on any atom is -0.396 e. The molecular weight excluding hydrogens is 284 g/mol. The third-order valence-electron chi connectivity index (χ3n) is 3.81. The van der Waals surface area contributed by atoms with Gasteiger partial charge in [-0.15, -0.1) is 0 Å². The summed E-state index contributed by atoms with van der Waals surface area (Å²) in [6.07, 6.45) is -0.360. The molecule has 1 unspecified atom stereocenters. The maximum atomic E-state index is 9.98. The van der Waals surface area contributed by atoms with E-state index in [-0.39, 0.29) is 18.1 Å². The van der Waals surface area contributed by atoms with E-state index >= 15 is 0 Å². The van der Waals surface area contributed by atoms with E-state index in [2.05, 4.69) is 18.4 Å². The van der Waals surface area contributed by atoms with Gasteiger partial charge >= 0.3 is 0 Å². The molecule has 0 aliphatic heterocycles. The first-order valence-electron chi connectivity index (χ1n) is 7.50. The van der Waals surface area contributed by atoms with Gasteiger partial charge in [0.05, 0.1) is 0 Å². The minimum absolute atomic E-state index is 0.174. The quantitative estimate of drug-likeness (QED) is 0.533. The van der Waals surface area contributed by atoms with Gasteiger partial charge in [-0.05, 0) is 36.8 Å². The number of rotatable bonds is 6. The number of aliphatic hydroxyl groups excluding tert-OH is 4. The predicted molar refractivity (Wildman–Crippen MR) is 83.9 cm³/mol. The normalized spacial score (nSPS) is 29.3. The van der Waals surface area contributed by atoms with E-state index in [0.717, 1.165) is 18.4 Å². The molecule has 0 aromatic rings. The molecule has 124 valence electrons. The molecule has 0 saturated carbocycles. The SMILES string of the molecule is C=C(C#CC1=C[C@H](O)[C@H](OC)[C@@H](O)[C@H]1O)CCCC(C)CO. The number of hydrogen-bond acceptors (Lipinski definition) is 5. The summed E-state index contributed by atoms with van der Waals surface area (Å²) in [4.78, 5) is 0. The average molecular weight is 310 g/mol. The first-order valence-corrected chi connectivity index (χ1v) is 7.50. The lowest BCUT2D eigenvalue weighted by molar-refractivity contribution is -0.108. The fourth-order valence-electron chi connectivity index (χ4n) is 2.32. The molecule has 0 radical (unpaired) electrons. The van der Waals surface area contributed by atoms with E-state index in [1.807, 2.05) is 6.92 Å². The lowest BCUT2D eigenvalue weighted by Crippen LogP contribution is -2.49. The lowest BCUT2D eigenvalue weighted by atomic mass is 9.89. The Morgan fingerprint density at radius 1 is 1.41 bits per heavy atom. The van der Waals surface area contributed by atoms with Crippen LogP contribution < -0.4 is 0 Å². The molecule has 0 aromatic heterocycles. The van der Waals surface area contributed by atoms with Crippen molar-refractivity contribution in [2.75, 3.05) is 13.7 Å². The molecule has 1 aliphatic rings. The van der Waals surface area contributed by atoms with Crippen LogP contribution >= 0.6 is 0 Å². The first kappa shape index (κ1) is 18.9. The van der Waals surface area contributed by atoms with Gasteiger partial charge in [0.2, 0.25) is 0 Å². The Bertz CT molecular complexity index is 459. The standard InChI is InChI=1S/C17H26O5/c1-11(5-4-6-12(2)10-18)7-8-13-9-14(19)17(22-3)16(21)15(13)20/h9,12,14-21H,1,4-6,10H2,2-3H3/t12?,14-,15-,16-,17-/m0/s1. The Morgan fingerprint density at radius 2 is 2.09 bits per heavy atom. The number of aliphatic hydroxyl groups is 4. The van der Waals surface area contributed by atoms with Gasteiger partial charge in [0.25, 0.3) is 0 Å². The van der Waals surface area contributed by atoms with Gasteiger partial charge in [-0.25, -0.2) is 0 Å². The summed E-state index contributed by atoms with van der Waals surface area (Å²) in [6, 6.07) is 0. The maximum absolute atomic E-state index is 9.98. The topological polar surface area (TPSA) is 90.2 Å². The van der Waals surface area contributed by atoms with Crippen molar-refractivity contribution in [3.63, 3.8) is 0 Å². The zero-order chi connectivity index (χ0) is 16.7. The fraction of sp³-hybridized carbons (Fsp3) is 0.647. The average Bonchev–Trinajstić information content (AvgIpc) is 2.49. The molecule has 4 N–H and O–H groups in total. The fourth-order valence-corrected chi connectivity index (χ4v) is 2.32. The van der Waals surface area contributed by atoms with Crippen LogP contribution in [0.3, 0.4) is 0 Å². The van der Waals surface area contributed by atoms with Crippen molar-refractivity contribution >= 4 is 0 Å². The molecule has 0 fully saturated rings. The molecule has 5 heteroatoms. The van der Waals surface area contributed by atoms with Crippen LogP contribution in [0.5, 0.6) is 0 Å². The maximum Gasteiger partial charge on any atom is 0.115 e. The molecule has 22 heavy (non-hydrogen) atoms. The molecule has 5 nitrogen and oxygen atoms in total. The molecular formula is C17H26O5. The Kier molecular flexibility index (Phi) is 7.80. The molecule has 0 aromatic carbocycles. The van der Waals surface area contributed by atoms with Crippen LogP contribution in [0.25, 0.3) is 0 Å². The van der Waals surface area contributed by atoms with Crippen LogP contribution in [-0.4, -0.2) is 58.6 Å². The molecule has 1 aliphatic carbocycles. The van der Waals surface area contributed by atoms with E-state index in [0.29, 0.717) is 6.42 Å².